The molecule has 5 rings (SSSR count). The number of halogens is 3. The maximum Gasteiger partial charge on any atom is 2.00 e. The van der Waals surface area contributed by atoms with E-state index in [2.05, 4.69) is 51.2 Å². The van der Waals surface area contributed by atoms with Crippen LogP contribution in [0.2, 0.25) is 0 Å². The van der Waals surface area contributed by atoms with Gasteiger partial charge in [0.05, 0.1) is 44.1 Å². The SMILES string of the molecule is CCCCCCc1ccc(/C=C/c2ccnc(/C([NH-])=C/C(=N)C(F)(F)F)c2)s1.COc1ccnc(-c2cc(OC)cc(-c3cc(OC)ccn3)n2)c1.[N-]=C=S.[Ru+2]. The molecular formula is C40H40F3N7O3RuS2. The fraction of sp³-hybridized carbons (Fsp3) is 0.250. The van der Waals surface area contributed by atoms with Crippen LogP contribution < -0.4 is 14.2 Å². The molecular weight excluding hydrogens is 849 g/mol. The van der Waals surface area contributed by atoms with E-state index in [0.717, 1.165) is 16.9 Å². The number of hydrogen-bond acceptors (Lipinski definition) is 10. The Morgan fingerprint density at radius 2 is 1.38 bits per heavy atom. The van der Waals surface area contributed by atoms with Crippen LogP contribution in [-0.2, 0) is 25.9 Å². The van der Waals surface area contributed by atoms with Crippen LogP contribution in [0.4, 0.5) is 13.2 Å². The van der Waals surface area contributed by atoms with E-state index in [-0.39, 0.29) is 25.2 Å². The number of ether oxygens (including phenoxy) is 3. The molecule has 0 aliphatic carbocycles. The van der Waals surface area contributed by atoms with Crippen molar-refractivity contribution in [2.45, 2.75) is 45.2 Å². The fourth-order valence-corrected chi connectivity index (χ4v) is 5.72. The molecule has 0 atom stereocenters. The van der Waals surface area contributed by atoms with Crippen LogP contribution >= 0.6 is 23.6 Å². The maximum atomic E-state index is 12.4. The van der Waals surface area contributed by atoms with Gasteiger partial charge in [-0.3, -0.25) is 20.4 Å². The van der Waals surface area contributed by atoms with Crippen molar-refractivity contribution in [1.82, 2.24) is 19.9 Å². The molecule has 0 unspecified atom stereocenters. The van der Waals surface area contributed by atoms with E-state index in [1.54, 1.807) is 63.3 Å². The van der Waals surface area contributed by atoms with E-state index in [4.69, 9.17) is 30.8 Å². The Bertz CT molecular complexity index is 2040. The number of aromatic nitrogens is 4. The first-order valence-corrected chi connectivity index (χ1v) is 18.1. The zero-order valence-electron chi connectivity index (χ0n) is 31.0. The van der Waals surface area contributed by atoms with Gasteiger partial charge in [0.25, 0.3) is 0 Å². The standard InChI is InChI=1S/C21H23F3N3S.C18H17N3O3.CNS.Ru/c1-2-3-4-5-6-16-9-10-17(28-16)8-7-15-11-12-27-19(13-15)18(25)14-20(26)21(22,23)24;1-22-12-4-6-19-15(8-12)17-10-14(24-3)11-18(21-17)16-9-13(23-2)5-7-20-16;2-1-3;/h7-14,25-26H,2-6H2,1H3;4-11H,1-3H3;;/q-1;;-1;+2/b8-7+,18-14-,26-20?;;;. The molecule has 56 heavy (non-hydrogen) atoms. The van der Waals surface area contributed by atoms with E-state index in [1.165, 1.54) is 48.0 Å². The molecule has 0 saturated carbocycles. The van der Waals surface area contributed by atoms with Crippen molar-refractivity contribution in [1.29, 1.82) is 5.41 Å². The molecule has 5 aromatic rings. The number of alkyl halides is 3. The van der Waals surface area contributed by atoms with E-state index in [1.807, 2.05) is 36.4 Å². The molecule has 0 aliphatic rings. The first kappa shape index (κ1) is 47.0. The summed E-state index contributed by atoms with van der Waals surface area (Å²) < 4.78 is 53.2. The van der Waals surface area contributed by atoms with Gasteiger partial charge in [0.15, 0.2) is 0 Å². The Labute approximate surface area is 346 Å². The predicted octanol–water partition coefficient (Wildman–Crippen LogP) is 11.3. The van der Waals surface area contributed by atoms with E-state index in [9.17, 15) is 13.2 Å². The molecule has 0 fully saturated rings. The molecule has 0 radical (unpaired) electrons. The van der Waals surface area contributed by atoms with Crippen LogP contribution in [0.25, 0.3) is 51.8 Å². The van der Waals surface area contributed by atoms with Gasteiger partial charge in [0.1, 0.15) is 23.0 Å². The van der Waals surface area contributed by atoms with Crippen molar-refractivity contribution in [2.75, 3.05) is 21.3 Å². The van der Waals surface area contributed by atoms with Crippen molar-refractivity contribution in [2.24, 2.45) is 0 Å². The quantitative estimate of drug-likeness (QED) is 0.0501. The average molecular weight is 889 g/mol. The van der Waals surface area contributed by atoms with Crippen LogP contribution in [0.15, 0.2) is 85.3 Å². The number of nitrogens with zero attached hydrogens (tertiary/aromatic N) is 5. The normalized spacial score (nSPS) is 10.9. The van der Waals surface area contributed by atoms with Gasteiger partial charge in [-0.05, 0) is 67.0 Å². The van der Waals surface area contributed by atoms with E-state index < -0.39 is 17.6 Å². The van der Waals surface area contributed by atoms with Gasteiger partial charge in [0.2, 0.25) is 0 Å². The number of allylic oxidation sites excluding steroid dienone is 1. The number of pyridine rings is 4. The topological polar surface area (TPSA) is 149 Å². The molecule has 2 N–H and O–H groups in total. The van der Waals surface area contributed by atoms with Gasteiger partial charge in [-0.1, -0.05) is 44.5 Å². The van der Waals surface area contributed by atoms with Crippen molar-refractivity contribution in [3.05, 3.63) is 117 Å². The third-order valence-electron chi connectivity index (χ3n) is 7.55. The number of rotatable bonds is 14. The molecule has 5 heterocycles. The second kappa shape index (κ2) is 24.4. The summed E-state index contributed by atoms with van der Waals surface area (Å²) in [6.45, 7) is 2.19. The van der Waals surface area contributed by atoms with Gasteiger partial charge in [0, 0.05) is 58.3 Å². The molecule has 0 amide bonds. The van der Waals surface area contributed by atoms with Crippen molar-refractivity contribution in [3.63, 3.8) is 0 Å². The maximum absolute atomic E-state index is 12.4. The molecule has 10 nitrogen and oxygen atoms in total. The van der Waals surface area contributed by atoms with E-state index in [0.29, 0.717) is 46.1 Å². The van der Waals surface area contributed by atoms with Crippen LogP contribution in [0.3, 0.4) is 0 Å². The molecule has 0 saturated heterocycles. The molecule has 0 aliphatic heterocycles. The largest absolute Gasteiger partial charge is 2.00 e. The Balaban J connectivity index is 0.000000358. The smallest absolute Gasteiger partial charge is 0.753 e. The molecule has 0 aromatic carbocycles. The summed E-state index contributed by atoms with van der Waals surface area (Å²) in [6, 6.07) is 18.3. The van der Waals surface area contributed by atoms with Gasteiger partial charge in [-0.15, -0.1) is 17.0 Å². The minimum Gasteiger partial charge on any atom is -0.753 e. The fourth-order valence-electron chi connectivity index (χ4n) is 4.76. The van der Waals surface area contributed by atoms with Gasteiger partial charge >= 0.3 is 25.7 Å². The van der Waals surface area contributed by atoms with Crippen molar-refractivity contribution >= 4 is 52.3 Å². The average Bonchev–Trinajstić information content (AvgIpc) is 3.66. The summed E-state index contributed by atoms with van der Waals surface area (Å²) >= 11 is 5.43. The molecule has 294 valence electrons. The zero-order valence-corrected chi connectivity index (χ0v) is 34.4. The molecule has 0 spiro atoms. The van der Waals surface area contributed by atoms with Gasteiger partial charge in [-0.25, -0.2) is 4.98 Å². The van der Waals surface area contributed by atoms with Crippen molar-refractivity contribution < 1.29 is 46.9 Å². The molecule has 16 heteroatoms. The van der Waals surface area contributed by atoms with Crippen LogP contribution in [0, 0.1) is 5.41 Å². The number of methoxy groups -OCH3 is 3. The number of nitrogens with one attached hydrogen (secondary N) is 2. The van der Waals surface area contributed by atoms with Crippen LogP contribution in [-0.4, -0.2) is 58.3 Å². The van der Waals surface area contributed by atoms with Crippen molar-refractivity contribution in [3.8, 4) is 40.0 Å². The number of thiocarbonyl (C=S) groups is 1. The minimum absolute atomic E-state index is 0. The predicted molar refractivity (Wildman–Crippen MR) is 218 cm³/mol. The first-order chi connectivity index (χ1) is 26.4. The number of aryl methyl sites for hydroxylation is 1. The summed E-state index contributed by atoms with van der Waals surface area (Å²) in [7, 11) is 4.84. The van der Waals surface area contributed by atoms with Gasteiger partial charge < -0.3 is 25.4 Å². The second-order valence-corrected chi connectivity index (χ2v) is 12.8. The summed E-state index contributed by atoms with van der Waals surface area (Å²) in [5.74, 6) is 2.10. The Morgan fingerprint density at radius 1 is 0.821 bits per heavy atom. The van der Waals surface area contributed by atoms with Crippen LogP contribution in [0.1, 0.15) is 53.6 Å². The van der Waals surface area contributed by atoms with Crippen LogP contribution in [0.5, 0.6) is 17.2 Å². The summed E-state index contributed by atoms with van der Waals surface area (Å²) in [6.07, 6.45) is 10.3. The van der Waals surface area contributed by atoms with E-state index >= 15 is 0 Å². The second-order valence-electron chi connectivity index (χ2n) is 11.4. The summed E-state index contributed by atoms with van der Waals surface area (Å²) in [5.41, 5.74) is 9.31. The first-order valence-electron chi connectivity index (χ1n) is 16.8. The molecule has 5 aromatic heterocycles. The summed E-state index contributed by atoms with van der Waals surface area (Å²) in [5, 5.41) is 15.4. The zero-order chi connectivity index (χ0) is 40.2. The third-order valence-corrected chi connectivity index (χ3v) is 8.66. The Morgan fingerprint density at radius 3 is 1.91 bits per heavy atom. The van der Waals surface area contributed by atoms with Gasteiger partial charge in [-0.2, -0.15) is 18.3 Å². The molecule has 0 bridgehead atoms. The number of thiophene rings is 1. The monoisotopic (exact) mass is 889 g/mol. The third kappa shape index (κ3) is 15.5. The number of hydrogen-bond donors (Lipinski definition) is 1. The Hall–Kier alpha value is -5.14. The number of isothiocyanates is 1. The minimum atomic E-state index is -4.77. The number of unbranched alkanes of at least 4 members (excludes halogenated alkanes) is 3. The Kier molecular flexibility index (Phi) is 20.5. The summed E-state index contributed by atoms with van der Waals surface area (Å²) in [4.78, 5) is 19.7.